The van der Waals surface area contributed by atoms with Crippen LogP contribution in [0.1, 0.15) is 12.0 Å². The third-order valence-electron chi connectivity index (χ3n) is 7.06. The Balaban J connectivity index is 1.61. The lowest BCUT2D eigenvalue weighted by molar-refractivity contribution is 0.153. The minimum absolute atomic E-state index is 0.102. The Morgan fingerprint density at radius 2 is 1.25 bits per heavy atom. The molecule has 6 nitrogen and oxygen atoms in total. The number of allylic oxidation sites excluding steroid dienone is 2. The van der Waals surface area contributed by atoms with Crippen LogP contribution in [0, 0.1) is 0 Å². The summed E-state index contributed by atoms with van der Waals surface area (Å²) in [5, 5.41) is 44.8. The summed E-state index contributed by atoms with van der Waals surface area (Å²) < 4.78 is 0. The number of phenolic OH excluding ortho intramolecular Hbond substituents is 2. The first-order valence-electron chi connectivity index (χ1n) is 12.9. The summed E-state index contributed by atoms with van der Waals surface area (Å²) in [6, 6.07) is 28.7. The number of fused-ring (bicyclic) bond motifs is 2. The van der Waals surface area contributed by atoms with E-state index in [0.29, 0.717) is 28.9 Å². The number of phenols is 2. The molecule has 40 heavy (non-hydrogen) atoms. The van der Waals surface area contributed by atoms with Crippen molar-refractivity contribution in [1.82, 2.24) is 0 Å². The zero-order valence-electron chi connectivity index (χ0n) is 21.4. The molecule has 5 aromatic rings. The van der Waals surface area contributed by atoms with E-state index < -0.39 is 6.10 Å². The van der Waals surface area contributed by atoms with E-state index in [0.717, 1.165) is 32.7 Å². The predicted octanol–water partition coefficient (Wildman–Crippen LogP) is 7.66. The third-order valence-corrected chi connectivity index (χ3v) is 7.06. The smallest absolute Gasteiger partial charge is 0.166 e. The van der Waals surface area contributed by atoms with Gasteiger partial charge in [-0.1, -0.05) is 78.9 Å². The van der Waals surface area contributed by atoms with Gasteiger partial charge in [0.05, 0.1) is 11.4 Å². The number of hydrogen-bond acceptors (Lipinski definition) is 6. The highest BCUT2D eigenvalue weighted by Gasteiger charge is 2.18. The highest BCUT2D eigenvalue weighted by molar-refractivity contribution is 6.13. The minimum atomic E-state index is -0.949. The number of rotatable bonds is 5. The van der Waals surface area contributed by atoms with Crippen LogP contribution < -0.4 is 0 Å². The third kappa shape index (κ3) is 4.61. The van der Waals surface area contributed by atoms with Crippen LogP contribution in [0.2, 0.25) is 0 Å². The molecule has 0 saturated carbocycles. The number of benzene rings is 5. The van der Waals surface area contributed by atoms with Crippen molar-refractivity contribution in [2.24, 2.45) is 9.98 Å². The molecular formula is C34H26N2O4. The molecule has 196 valence electrons. The van der Waals surface area contributed by atoms with E-state index in [1.807, 2.05) is 72.8 Å². The van der Waals surface area contributed by atoms with Crippen molar-refractivity contribution in [2.45, 2.75) is 12.5 Å². The summed E-state index contributed by atoms with van der Waals surface area (Å²) in [4.78, 5) is 9.59. The van der Waals surface area contributed by atoms with Gasteiger partial charge < -0.3 is 20.4 Å². The summed E-state index contributed by atoms with van der Waals surface area (Å²) in [5.74, 6) is -0.553. The van der Waals surface area contributed by atoms with Gasteiger partial charge in [-0.2, -0.15) is 0 Å². The first-order chi connectivity index (χ1) is 19.5. The molecule has 0 aromatic heterocycles. The van der Waals surface area contributed by atoms with Crippen molar-refractivity contribution < 1.29 is 20.4 Å². The second-order valence-corrected chi connectivity index (χ2v) is 9.59. The van der Waals surface area contributed by atoms with E-state index in [-0.39, 0.29) is 17.3 Å². The van der Waals surface area contributed by atoms with Crippen molar-refractivity contribution in [3.05, 3.63) is 120 Å². The molecular weight excluding hydrogens is 500 g/mol. The van der Waals surface area contributed by atoms with Gasteiger partial charge in [-0.25, -0.2) is 0 Å². The molecule has 4 N–H and O–H groups in total. The summed E-state index contributed by atoms with van der Waals surface area (Å²) in [5.41, 5.74) is 3.88. The number of aliphatic hydroxyl groups is 2. The minimum Gasteiger partial charge on any atom is -0.509 e. The summed E-state index contributed by atoms with van der Waals surface area (Å²) in [7, 11) is 0. The first-order valence-corrected chi connectivity index (χ1v) is 12.9. The number of para-hydroxylation sites is 1. The maximum absolute atomic E-state index is 10.4. The van der Waals surface area contributed by atoms with Crippen molar-refractivity contribution in [3.8, 4) is 22.6 Å². The molecule has 0 heterocycles. The average Bonchev–Trinajstić information content (AvgIpc) is 2.98. The fourth-order valence-corrected chi connectivity index (χ4v) is 5.01. The lowest BCUT2D eigenvalue weighted by Crippen LogP contribution is -2.14. The Hall–Kier alpha value is -5.20. The standard InChI is InChI=1S/C34H26N2O4/c37-29-13-5-9-23(33(29)39)19-35-27-17-15-21-7-1-3-11-25(21)31(27)32-26-12-4-2-8-22(26)16-18-28(32)36-20-24-10-6-14-30(38)34(24)40/h1-13,15-20,30,37-40H,14H2/b35-19+,36-20+. The molecule has 0 aliphatic heterocycles. The Morgan fingerprint density at radius 1 is 0.650 bits per heavy atom. The van der Waals surface area contributed by atoms with E-state index in [4.69, 9.17) is 9.98 Å². The van der Waals surface area contributed by atoms with Gasteiger partial charge in [0.2, 0.25) is 0 Å². The van der Waals surface area contributed by atoms with Crippen LogP contribution in [-0.4, -0.2) is 39.0 Å². The second kappa shape index (κ2) is 10.5. The summed E-state index contributed by atoms with van der Waals surface area (Å²) in [6.45, 7) is 0. The Labute approximate surface area is 230 Å². The molecule has 6 heteroatoms. The molecule has 0 saturated heterocycles. The Kier molecular flexibility index (Phi) is 6.60. The molecule has 1 aliphatic carbocycles. The van der Waals surface area contributed by atoms with Gasteiger partial charge in [-0.3, -0.25) is 9.98 Å². The van der Waals surface area contributed by atoms with E-state index in [1.165, 1.54) is 12.3 Å². The van der Waals surface area contributed by atoms with Crippen LogP contribution >= 0.6 is 0 Å². The highest BCUT2D eigenvalue weighted by Crippen LogP contribution is 2.45. The van der Waals surface area contributed by atoms with Gasteiger partial charge in [0.25, 0.3) is 0 Å². The van der Waals surface area contributed by atoms with Crippen molar-refractivity contribution in [2.75, 3.05) is 0 Å². The maximum Gasteiger partial charge on any atom is 0.166 e. The fourth-order valence-electron chi connectivity index (χ4n) is 5.01. The Morgan fingerprint density at radius 3 is 1.90 bits per heavy atom. The molecule has 5 aromatic carbocycles. The van der Waals surface area contributed by atoms with Gasteiger partial charge in [-0.05, 0) is 52.2 Å². The molecule has 0 amide bonds. The van der Waals surface area contributed by atoms with Gasteiger partial charge in [0, 0.05) is 34.7 Å². The molecule has 0 spiro atoms. The van der Waals surface area contributed by atoms with Crippen molar-refractivity contribution in [3.63, 3.8) is 0 Å². The van der Waals surface area contributed by atoms with Crippen LogP contribution in [0.3, 0.4) is 0 Å². The molecule has 0 fully saturated rings. The van der Waals surface area contributed by atoms with Gasteiger partial charge in [0.15, 0.2) is 11.5 Å². The van der Waals surface area contributed by atoms with E-state index >= 15 is 0 Å². The lowest BCUT2D eigenvalue weighted by Gasteiger charge is -2.16. The van der Waals surface area contributed by atoms with Crippen LogP contribution in [-0.2, 0) is 0 Å². The van der Waals surface area contributed by atoms with Gasteiger partial charge in [-0.15, -0.1) is 0 Å². The van der Waals surface area contributed by atoms with Crippen LogP contribution in [0.4, 0.5) is 11.4 Å². The molecule has 0 bridgehead atoms. The van der Waals surface area contributed by atoms with Gasteiger partial charge in [0.1, 0.15) is 11.9 Å². The average molecular weight is 527 g/mol. The molecule has 1 unspecified atom stereocenters. The second-order valence-electron chi connectivity index (χ2n) is 9.59. The molecule has 1 aliphatic rings. The fraction of sp³-hybridized carbons (Fsp3) is 0.0588. The predicted molar refractivity (Wildman–Crippen MR) is 161 cm³/mol. The molecule has 1 atom stereocenters. The SMILES string of the molecule is OC1=C(/C=N/c2ccc3ccccc3c2-c2c(/N=C/c3cccc(O)c3O)ccc3ccccc23)C=CCC1O. The summed E-state index contributed by atoms with van der Waals surface area (Å²) in [6.07, 6.45) is 6.07. The number of aliphatic hydroxyl groups excluding tert-OH is 2. The van der Waals surface area contributed by atoms with Crippen LogP contribution in [0.5, 0.6) is 11.5 Å². The molecule has 0 radical (unpaired) electrons. The van der Waals surface area contributed by atoms with E-state index in [9.17, 15) is 20.4 Å². The quantitative estimate of drug-likeness (QED) is 0.139. The van der Waals surface area contributed by atoms with Crippen molar-refractivity contribution in [1.29, 1.82) is 0 Å². The number of hydrogen-bond donors (Lipinski definition) is 4. The topological polar surface area (TPSA) is 106 Å². The zero-order chi connectivity index (χ0) is 27.6. The van der Waals surface area contributed by atoms with Crippen LogP contribution in [0.15, 0.2) is 124 Å². The van der Waals surface area contributed by atoms with E-state index in [1.54, 1.807) is 30.5 Å². The highest BCUT2D eigenvalue weighted by atomic mass is 16.3. The van der Waals surface area contributed by atoms with E-state index in [2.05, 4.69) is 0 Å². The first kappa shape index (κ1) is 25.1. The number of nitrogens with zero attached hydrogens (tertiary/aromatic N) is 2. The number of aliphatic imine (C=N–C) groups is 2. The number of aromatic hydroxyl groups is 2. The Bertz CT molecular complexity index is 1880. The molecule has 6 rings (SSSR count). The van der Waals surface area contributed by atoms with Crippen molar-refractivity contribution >= 4 is 45.3 Å². The largest absolute Gasteiger partial charge is 0.509 e. The summed E-state index contributed by atoms with van der Waals surface area (Å²) >= 11 is 0. The lowest BCUT2D eigenvalue weighted by atomic mass is 9.91. The van der Waals surface area contributed by atoms with Gasteiger partial charge >= 0.3 is 0 Å². The zero-order valence-corrected chi connectivity index (χ0v) is 21.4. The maximum atomic E-state index is 10.4. The normalized spacial score (nSPS) is 15.7. The van der Waals surface area contributed by atoms with Crippen LogP contribution in [0.25, 0.3) is 32.7 Å². The monoisotopic (exact) mass is 526 g/mol.